The molecule has 0 unspecified atom stereocenters. The van der Waals surface area contributed by atoms with Gasteiger partial charge in [0.15, 0.2) is 0 Å². The number of carbonyl (C=O) groups is 2. The van der Waals surface area contributed by atoms with Crippen LogP contribution >= 0.6 is 0 Å². The molecule has 1 aliphatic rings. The normalized spacial score (nSPS) is 15.3. The van der Waals surface area contributed by atoms with Gasteiger partial charge in [0.1, 0.15) is 0 Å². The summed E-state index contributed by atoms with van der Waals surface area (Å²) in [5.41, 5.74) is 0.589. The van der Waals surface area contributed by atoms with Crippen LogP contribution in [0.25, 0.3) is 0 Å². The van der Waals surface area contributed by atoms with Crippen molar-refractivity contribution in [3.8, 4) is 0 Å². The lowest BCUT2D eigenvalue weighted by atomic mass is 10.1. The highest BCUT2D eigenvalue weighted by Gasteiger charge is 2.12. The Kier molecular flexibility index (Phi) is 8.47. The van der Waals surface area contributed by atoms with Crippen LogP contribution < -0.4 is 0 Å². The topological polar surface area (TPSA) is 76.1 Å². The molecule has 0 saturated carbocycles. The molecule has 1 N–H and O–H groups in total. The zero-order valence-corrected chi connectivity index (χ0v) is 13.0. The van der Waals surface area contributed by atoms with Crippen molar-refractivity contribution >= 4 is 11.9 Å². The van der Waals surface area contributed by atoms with E-state index in [-0.39, 0.29) is 12.2 Å². The minimum atomic E-state index is -1.01. The van der Waals surface area contributed by atoms with Crippen LogP contribution in [0.1, 0.15) is 25.7 Å². The molecule has 1 rings (SSSR count). The van der Waals surface area contributed by atoms with Crippen molar-refractivity contribution in [1.29, 1.82) is 0 Å². The van der Waals surface area contributed by atoms with Gasteiger partial charge in [0.2, 0.25) is 0 Å². The van der Waals surface area contributed by atoms with Crippen molar-refractivity contribution in [2.45, 2.75) is 25.7 Å². The van der Waals surface area contributed by atoms with E-state index < -0.39 is 11.9 Å². The second-order valence-electron chi connectivity index (χ2n) is 5.31. The Labute approximate surface area is 131 Å². The van der Waals surface area contributed by atoms with Crippen molar-refractivity contribution in [2.24, 2.45) is 0 Å². The lowest BCUT2D eigenvalue weighted by Crippen LogP contribution is -2.36. The summed E-state index contributed by atoms with van der Waals surface area (Å²) in [5, 5.41) is 8.65. The van der Waals surface area contributed by atoms with Gasteiger partial charge in [-0.1, -0.05) is 13.2 Å². The van der Waals surface area contributed by atoms with Gasteiger partial charge in [0.05, 0.1) is 19.8 Å². The summed E-state index contributed by atoms with van der Waals surface area (Å²) in [4.78, 5) is 24.6. The molecule has 0 radical (unpaired) electrons. The molecule has 0 amide bonds. The number of aliphatic carboxylic acids is 1. The molecule has 0 atom stereocenters. The van der Waals surface area contributed by atoms with Crippen LogP contribution in [-0.2, 0) is 19.1 Å². The molecular formula is C16H25NO5. The van der Waals surface area contributed by atoms with E-state index in [9.17, 15) is 9.59 Å². The molecule has 0 aliphatic carbocycles. The largest absolute Gasteiger partial charge is 0.478 e. The lowest BCUT2D eigenvalue weighted by Gasteiger charge is -2.26. The van der Waals surface area contributed by atoms with E-state index in [0.717, 1.165) is 39.3 Å². The van der Waals surface area contributed by atoms with Gasteiger partial charge in [-0.2, -0.15) is 0 Å². The number of carbonyl (C=O) groups excluding carboxylic acids is 1. The van der Waals surface area contributed by atoms with Crippen molar-refractivity contribution < 1.29 is 24.2 Å². The highest BCUT2D eigenvalue weighted by atomic mass is 16.5. The van der Waals surface area contributed by atoms with Crippen molar-refractivity contribution in [1.82, 2.24) is 4.90 Å². The van der Waals surface area contributed by atoms with Crippen LogP contribution in [0.2, 0.25) is 0 Å². The summed E-state index contributed by atoms with van der Waals surface area (Å²) in [5.74, 6) is -1.42. The molecule has 124 valence electrons. The minimum Gasteiger partial charge on any atom is -0.478 e. The van der Waals surface area contributed by atoms with Crippen molar-refractivity contribution in [2.75, 3.05) is 39.5 Å². The SMILES string of the molecule is C=C(CCCOC(=O)C(=C)CCCN1CCOCC1)C(=O)O. The highest BCUT2D eigenvalue weighted by molar-refractivity contribution is 5.87. The molecule has 0 spiro atoms. The molecule has 0 aromatic heterocycles. The number of carboxylic acids is 1. The number of nitrogens with zero attached hydrogens (tertiary/aromatic N) is 1. The second kappa shape index (κ2) is 10.1. The van der Waals surface area contributed by atoms with Gasteiger partial charge < -0.3 is 14.6 Å². The fourth-order valence-corrected chi connectivity index (χ4v) is 2.10. The molecule has 0 aromatic rings. The molecule has 1 heterocycles. The van der Waals surface area contributed by atoms with Crippen LogP contribution in [-0.4, -0.2) is 61.4 Å². The summed E-state index contributed by atoms with van der Waals surface area (Å²) >= 11 is 0. The van der Waals surface area contributed by atoms with Gasteiger partial charge in [-0.25, -0.2) is 9.59 Å². The number of hydrogen-bond acceptors (Lipinski definition) is 5. The lowest BCUT2D eigenvalue weighted by molar-refractivity contribution is -0.139. The molecule has 0 aromatic carbocycles. The number of morpholine rings is 1. The number of carboxylic acid groups (broad SMARTS) is 1. The predicted molar refractivity (Wildman–Crippen MR) is 82.6 cm³/mol. The summed E-state index contributed by atoms with van der Waals surface area (Å²) in [6.07, 6.45) is 2.24. The third-order valence-corrected chi connectivity index (χ3v) is 3.50. The molecule has 0 bridgehead atoms. The van der Waals surface area contributed by atoms with Crippen molar-refractivity contribution in [3.63, 3.8) is 0 Å². The quantitative estimate of drug-likeness (QED) is 0.375. The zero-order chi connectivity index (χ0) is 16.4. The zero-order valence-electron chi connectivity index (χ0n) is 13.0. The number of rotatable bonds is 10. The van der Waals surface area contributed by atoms with E-state index in [1.54, 1.807) is 0 Å². The van der Waals surface area contributed by atoms with Gasteiger partial charge >= 0.3 is 11.9 Å². The van der Waals surface area contributed by atoms with Crippen LogP contribution in [0.5, 0.6) is 0 Å². The molecule has 6 nitrogen and oxygen atoms in total. The maximum atomic E-state index is 11.7. The van der Waals surface area contributed by atoms with Crippen LogP contribution in [0.4, 0.5) is 0 Å². The Morgan fingerprint density at radius 1 is 1.09 bits per heavy atom. The molecule has 22 heavy (non-hydrogen) atoms. The third-order valence-electron chi connectivity index (χ3n) is 3.50. The summed E-state index contributed by atoms with van der Waals surface area (Å²) in [6.45, 7) is 11.7. The number of ether oxygens (including phenoxy) is 2. The van der Waals surface area contributed by atoms with Crippen molar-refractivity contribution in [3.05, 3.63) is 24.3 Å². The van der Waals surface area contributed by atoms with Gasteiger partial charge in [-0.15, -0.1) is 0 Å². The molecule has 1 fully saturated rings. The van der Waals surface area contributed by atoms with E-state index in [1.807, 2.05) is 0 Å². The van der Waals surface area contributed by atoms with E-state index in [0.29, 0.717) is 24.8 Å². The Bertz CT molecular complexity index is 413. The molecular weight excluding hydrogens is 286 g/mol. The Balaban J connectivity index is 2.07. The summed E-state index contributed by atoms with van der Waals surface area (Å²) < 4.78 is 10.3. The van der Waals surface area contributed by atoms with E-state index >= 15 is 0 Å². The van der Waals surface area contributed by atoms with Gasteiger partial charge in [0, 0.05) is 24.2 Å². The highest BCUT2D eigenvalue weighted by Crippen LogP contribution is 2.09. The van der Waals surface area contributed by atoms with Crippen LogP contribution in [0.15, 0.2) is 24.3 Å². The first-order chi connectivity index (χ1) is 10.5. The third kappa shape index (κ3) is 7.38. The monoisotopic (exact) mass is 311 g/mol. The average Bonchev–Trinajstić information content (AvgIpc) is 2.51. The van der Waals surface area contributed by atoms with Gasteiger partial charge in [-0.3, -0.25) is 4.90 Å². The molecule has 6 heteroatoms. The van der Waals surface area contributed by atoms with E-state index in [2.05, 4.69) is 18.1 Å². The van der Waals surface area contributed by atoms with E-state index in [4.69, 9.17) is 14.6 Å². The van der Waals surface area contributed by atoms with Gasteiger partial charge in [0.25, 0.3) is 0 Å². The maximum absolute atomic E-state index is 11.7. The molecule has 1 saturated heterocycles. The summed E-state index contributed by atoms with van der Waals surface area (Å²) in [6, 6.07) is 0. The number of hydrogen-bond donors (Lipinski definition) is 1. The average molecular weight is 311 g/mol. The smallest absolute Gasteiger partial charge is 0.333 e. The Morgan fingerprint density at radius 2 is 1.73 bits per heavy atom. The first kappa shape index (κ1) is 18.4. The standard InChI is InChI=1S/C16H25NO5/c1-13(15(18)19)6-4-10-22-16(20)14(2)5-3-7-17-8-11-21-12-9-17/h1-12H2,(H,18,19). The first-order valence-electron chi connectivity index (χ1n) is 7.56. The Hall–Kier alpha value is -1.66. The number of esters is 1. The van der Waals surface area contributed by atoms with E-state index in [1.165, 1.54) is 0 Å². The fraction of sp³-hybridized carbons (Fsp3) is 0.625. The minimum absolute atomic E-state index is 0.125. The second-order valence-corrected chi connectivity index (χ2v) is 5.31. The first-order valence-corrected chi connectivity index (χ1v) is 7.56. The Morgan fingerprint density at radius 3 is 2.36 bits per heavy atom. The maximum Gasteiger partial charge on any atom is 0.333 e. The van der Waals surface area contributed by atoms with Gasteiger partial charge in [-0.05, 0) is 32.2 Å². The summed E-state index contributed by atoms with van der Waals surface area (Å²) in [7, 11) is 0. The molecule has 1 aliphatic heterocycles. The fourth-order valence-electron chi connectivity index (χ4n) is 2.10. The van der Waals surface area contributed by atoms with Crippen LogP contribution in [0.3, 0.4) is 0 Å². The van der Waals surface area contributed by atoms with Crippen LogP contribution in [0, 0.1) is 0 Å². The predicted octanol–water partition coefficient (Wildman–Crippen LogP) is 1.62.